The molecule has 0 spiro atoms. The number of anilines is 1. The fourth-order valence-corrected chi connectivity index (χ4v) is 3.35. The first-order valence-corrected chi connectivity index (χ1v) is 11.2. The largest absolute Gasteiger partial charge is 0.495 e. The van der Waals surface area contributed by atoms with Crippen LogP contribution in [0.1, 0.15) is 15.9 Å². The van der Waals surface area contributed by atoms with Crippen LogP contribution in [0.3, 0.4) is 0 Å². The smallest absolute Gasteiger partial charge is 0.343 e. The zero-order valence-corrected chi connectivity index (χ0v) is 21.1. The molecule has 0 bridgehead atoms. The topological polar surface area (TPSA) is 125 Å². The molecular formula is C25H22BrN3O7. The van der Waals surface area contributed by atoms with Crippen LogP contribution in [0.15, 0.2) is 70.2 Å². The highest BCUT2D eigenvalue weighted by Gasteiger charge is 2.16. The SMILES string of the molecule is COc1ccccc1NC(=O)C(=O)NN=Cc1cc(Br)ccc1OC(=O)c1ccc(OC)c(OC)c1. The quantitative estimate of drug-likeness (QED) is 0.142. The minimum atomic E-state index is -1.00. The number of para-hydroxylation sites is 2. The van der Waals surface area contributed by atoms with Crippen molar-refractivity contribution in [1.29, 1.82) is 0 Å². The molecule has 3 aromatic rings. The first-order valence-electron chi connectivity index (χ1n) is 10.4. The predicted octanol–water partition coefficient (Wildman–Crippen LogP) is 3.78. The van der Waals surface area contributed by atoms with Gasteiger partial charge in [-0.25, -0.2) is 10.2 Å². The highest BCUT2D eigenvalue weighted by Crippen LogP contribution is 2.29. The molecule has 0 aliphatic rings. The summed E-state index contributed by atoms with van der Waals surface area (Å²) >= 11 is 3.34. The number of hydrazone groups is 1. The lowest BCUT2D eigenvalue weighted by Crippen LogP contribution is -2.32. The summed E-state index contributed by atoms with van der Waals surface area (Å²) in [5.41, 5.74) is 3.07. The van der Waals surface area contributed by atoms with Crippen LogP contribution in [0.4, 0.5) is 5.69 Å². The van der Waals surface area contributed by atoms with Gasteiger partial charge in [0.15, 0.2) is 11.5 Å². The Morgan fingerprint density at radius 1 is 0.806 bits per heavy atom. The highest BCUT2D eigenvalue weighted by molar-refractivity contribution is 9.10. The summed E-state index contributed by atoms with van der Waals surface area (Å²) < 4.78 is 21.7. The van der Waals surface area contributed by atoms with Crippen molar-refractivity contribution in [3.63, 3.8) is 0 Å². The molecule has 0 saturated carbocycles. The molecule has 2 N–H and O–H groups in total. The number of ether oxygens (including phenoxy) is 4. The van der Waals surface area contributed by atoms with Crippen molar-refractivity contribution in [2.24, 2.45) is 5.10 Å². The minimum Gasteiger partial charge on any atom is -0.495 e. The minimum absolute atomic E-state index is 0.175. The van der Waals surface area contributed by atoms with E-state index in [0.717, 1.165) is 0 Å². The molecule has 0 aliphatic carbocycles. The number of rotatable bonds is 8. The molecule has 0 aromatic heterocycles. The Morgan fingerprint density at radius 2 is 1.50 bits per heavy atom. The van der Waals surface area contributed by atoms with Crippen molar-refractivity contribution < 1.29 is 33.3 Å². The Labute approximate surface area is 215 Å². The van der Waals surface area contributed by atoms with Crippen LogP contribution in [0.25, 0.3) is 0 Å². The molecule has 2 amide bonds. The molecule has 186 valence electrons. The second-order valence-corrected chi connectivity index (χ2v) is 7.91. The van der Waals surface area contributed by atoms with Crippen LogP contribution in [-0.2, 0) is 9.59 Å². The lowest BCUT2D eigenvalue weighted by atomic mass is 10.2. The maximum atomic E-state index is 12.7. The summed E-state index contributed by atoms with van der Waals surface area (Å²) in [4.78, 5) is 37.1. The Morgan fingerprint density at radius 3 is 2.22 bits per heavy atom. The van der Waals surface area contributed by atoms with E-state index in [4.69, 9.17) is 18.9 Å². The van der Waals surface area contributed by atoms with Crippen molar-refractivity contribution in [3.05, 3.63) is 76.3 Å². The summed E-state index contributed by atoms with van der Waals surface area (Å²) in [6, 6.07) is 16.1. The van der Waals surface area contributed by atoms with Crippen LogP contribution >= 0.6 is 15.9 Å². The van der Waals surface area contributed by atoms with Crippen LogP contribution in [0, 0.1) is 0 Å². The molecule has 10 nitrogen and oxygen atoms in total. The fraction of sp³-hybridized carbons (Fsp3) is 0.120. The molecule has 0 heterocycles. The van der Waals surface area contributed by atoms with Gasteiger partial charge >= 0.3 is 17.8 Å². The average molecular weight is 556 g/mol. The summed E-state index contributed by atoms with van der Waals surface area (Å²) in [5, 5.41) is 6.26. The molecule has 0 aliphatic heterocycles. The first kappa shape index (κ1) is 26.2. The van der Waals surface area contributed by atoms with Gasteiger partial charge in [0.25, 0.3) is 0 Å². The molecule has 36 heavy (non-hydrogen) atoms. The number of hydrogen-bond acceptors (Lipinski definition) is 8. The maximum absolute atomic E-state index is 12.7. The first-order chi connectivity index (χ1) is 17.4. The monoisotopic (exact) mass is 555 g/mol. The Balaban J connectivity index is 1.70. The van der Waals surface area contributed by atoms with Crippen LogP contribution < -0.4 is 29.7 Å². The van der Waals surface area contributed by atoms with Gasteiger partial charge in [0.2, 0.25) is 0 Å². The van der Waals surface area contributed by atoms with Gasteiger partial charge in [0.1, 0.15) is 11.5 Å². The van der Waals surface area contributed by atoms with Crippen molar-refractivity contribution in [2.45, 2.75) is 0 Å². The number of hydrogen-bond donors (Lipinski definition) is 2. The normalized spacial score (nSPS) is 10.4. The van der Waals surface area contributed by atoms with E-state index < -0.39 is 17.8 Å². The molecule has 11 heteroatoms. The fourth-order valence-electron chi connectivity index (χ4n) is 2.97. The van der Waals surface area contributed by atoms with E-state index in [9.17, 15) is 14.4 Å². The van der Waals surface area contributed by atoms with E-state index in [-0.39, 0.29) is 11.3 Å². The van der Waals surface area contributed by atoms with Crippen molar-refractivity contribution in [2.75, 3.05) is 26.6 Å². The zero-order chi connectivity index (χ0) is 26.1. The number of benzene rings is 3. The summed E-state index contributed by atoms with van der Waals surface area (Å²) in [5.74, 6) is -1.17. The zero-order valence-electron chi connectivity index (χ0n) is 19.5. The standard InChI is InChI=1S/C25H22BrN3O7/c1-33-20-7-5-4-6-18(20)28-23(30)24(31)29-27-14-16-12-17(26)9-11-19(16)36-25(32)15-8-10-21(34-2)22(13-15)35-3/h4-14H,1-3H3,(H,28,30)(H,29,31). The van der Waals surface area contributed by atoms with Gasteiger partial charge in [-0.3, -0.25) is 9.59 Å². The number of nitrogens with one attached hydrogen (secondary N) is 2. The van der Waals surface area contributed by atoms with Gasteiger partial charge < -0.3 is 24.3 Å². The average Bonchev–Trinajstić information content (AvgIpc) is 2.89. The number of amides is 2. The van der Waals surface area contributed by atoms with E-state index in [1.165, 1.54) is 39.7 Å². The van der Waals surface area contributed by atoms with Gasteiger partial charge in [0, 0.05) is 10.0 Å². The molecule has 0 unspecified atom stereocenters. The lowest BCUT2D eigenvalue weighted by Gasteiger charge is -2.11. The van der Waals surface area contributed by atoms with E-state index in [2.05, 4.69) is 31.8 Å². The highest BCUT2D eigenvalue weighted by atomic mass is 79.9. The molecule has 0 radical (unpaired) electrons. The van der Waals surface area contributed by atoms with Crippen molar-refractivity contribution in [3.8, 4) is 23.0 Å². The third-order valence-electron chi connectivity index (χ3n) is 4.72. The molecule has 3 rings (SSSR count). The maximum Gasteiger partial charge on any atom is 0.343 e. The van der Waals surface area contributed by atoms with E-state index in [1.807, 2.05) is 0 Å². The van der Waals surface area contributed by atoms with Crippen LogP contribution in [-0.4, -0.2) is 45.3 Å². The Hall–Kier alpha value is -4.38. The van der Waals surface area contributed by atoms with Gasteiger partial charge in [0.05, 0.1) is 38.8 Å². The second kappa shape index (κ2) is 12.4. The second-order valence-electron chi connectivity index (χ2n) is 6.99. The molecule has 0 atom stereocenters. The summed E-state index contributed by atoms with van der Waals surface area (Å²) in [6.07, 6.45) is 1.25. The molecule has 3 aromatic carbocycles. The van der Waals surface area contributed by atoms with E-state index in [1.54, 1.807) is 48.5 Å². The van der Waals surface area contributed by atoms with Crippen molar-refractivity contribution >= 4 is 45.6 Å². The van der Waals surface area contributed by atoms with Gasteiger partial charge in [-0.15, -0.1) is 0 Å². The summed E-state index contributed by atoms with van der Waals surface area (Å²) in [7, 11) is 4.40. The van der Waals surface area contributed by atoms with Crippen molar-refractivity contribution in [1.82, 2.24) is 5.43 Å². The number of methoxy groups -OCH3 is 3. The number of carbonyl (C=O) groups is 3. The predicted molar refractivity (Wildman–Crippen MR) is 136 cm³/mol. The molecular weight excluding hydrogens is 534 g/mol. The number of esters is 1. The Bertz CT molecular complexity index is 1310. The molecule has 0 fully saturated rings. The number of nitrogens with zero attached hydrogens (tertiary/aromatic N) is 1. The van der Waals surface area contributed by atoms with Gasteiger partial charge in [-0.05, 0) is 48.5 Å². The van der Waals surface area contributed by atoms with E-state index in [0.29, 0.717) is 33.0 Å². The lowest BCUT2D eigenvalue weighted by molar-refractivity contribution is -0.136. The van der Waals surface area contributed by atoms with Gasteiger partial charge in [-0.1, -0.05) is 28.1 Å². The molecule has 0 saturated heterocycles. The van der Waals surface area contributed by atoms with Crippen LogP contribution in [0.2, 0.25) is 0 Å². The number of halogens is 1. The van der Waals surface area contributed by atoms with E-state index >= 15 is 0 Å². The third kappa shape index (κ3) is 6.60. The Kier molecular flexibility index (Phi) is 9.01. The number of carbonyl (C=O) groups excluding carboxylic acids is 3. The van der Waals surface area contributed by atoms with Gasteiger partial charge in [-0.2, -0.15) is 5.10 Å². The third-order valence-corrected chi connectivity index (χ3v) is 5.22. The summed E-state index contributed by atoms with van der Waals surface area (Å²) in [6.45, 7) is 0. The van der Waals surface area contributed by atoms with Crippen LogP contribution in [0.5, 0.6) is 23.0 Å².